The van der Waals surface area contributed by atoms with Gasteiger partial charge in [0.05, 0.1) is 5.56 Å². The maximum Gasteiger partial charge on any atom is 0.343 e. The number of ketones is 1. The second-order valence-electron chi connectivity index (χ2n) is 5.50. The van der Waals surface area contributed by atoms with Crippen LogP contribution in [0.25, 0.3) is 6.08 Å². The molecule has 0 saturated heterocycles. The Bertz CT molecular complexity index is 945. The number of benzene rings is 3. The number of esters is 1. The maximum absolute atomic E-state index is 13.5. The molecule has 3 aromatic rings. The summed E-state index contributed by atoms with van der Waals surface area (Å²) in [6.07, 6.45) is 2.74. The molecule has 0 N–H and O–H groups in total. The zero-order valence-corrected chi connectivity index (χ0v) is 13.8. The molecule has 0 aliphatic carbocycles. The minimum absolute atomic E-state index is 0.269. The lowest BCUT2D eigenvalue weighted by Crippen LogP contribution is -2.08. The fraction of sp³-hybridized carbons (Fsp3) is 0. The van der Waals surface area contributed by atoms with E-state index in [2.05, 4.69) is 0 Å². The van der Waals surface area contributed by atoms with Crippen LogP contribution in [0.5, 0.6) is 5.75 Å². The Labute approximate surface area is 150 Å². The highest BCUT2D eigenvalue weighted by Crippen LogP contribution is 2.16. The SMILES string of the molecule is O=C(/C=C/c1ccccc1F)c1ccc(OC(=O)c2ccccc2)cc1. The van der Waals surface area contributed by atoms with Crippen molar-refractivity contribution in [3.8, 4) is 5.75 Å². The van der Waals surface area contributed by atoms with Gasteiger partial charge in [0.2, 0.25) is 0 Å². The minimum Gasteiger partial charge on any atom is -0.423 e. The molecular weight excluding hydrogens is 331 g/mol. The van der Waals surface area contributed by atoms with E-state index in [0.717, 1.165) is 0 Å². The quantitative estimate of drug-likeness (QED) is 0.284. The summed E-state index contributed by atoms with van der Waals surface area (Å²) in [5.41, 5.74) is 1.20. The van der Waals surface area contributed by atoms with E-state index in [1.165, 1.54) is 18.2 Å². The van der Waals surface area contributed by atoms with Crippen molar-refractivity contribution in [2.24, 2.45) is 0 Å². The van der Waals surface area contributed by atoms with Crippen LogP contribution in [0.4, 0.5) is 4.39 Å². The molecule has 0 aliphatic rings. The van der Waals surface area contributed by atoms with E-state index in [1.807, 2.05) is 6.07 Å². The summed E-state index contributed by atoms with van der Waals surface area (Å²) in [6, 6.07) is 21.0. The second kappa shape index (κ2) is 8.03. The van der Waals surface area contributed by atoms with E-state index >= 15 is 0 Å². The third-order valence-corrected chi connectivity index (χ3v) is 3.68. The number of carbonyl (C=O) groups is 2. The van der Waals surface area contributed by atoms with Crippen molar-refractivity contribution >= 4 is 17.8 Å². The summed E-state index contributed by atoms with van der Waals surface area (Å²) in [7, 11) is 0. The number of hydrogen-bond acceptors (Lipinski definition) is 3. The summed E-state index contributed by atoms with van der Waals surface area (Å²) in [5.74, 6) is -0.786. The highest BCUT2D eigenvalue weighted by Gasteiger charge is 2.09. The van der Waals surface area contributed by atoms with Gasteiger partial charge in [0.25, 0.3) is 0 Å². The van der Waals surface area contributed by atoms with Crippen molar-refractivity contribution in [1.29, 1.82) is 0 Å². The fourth-order valence-corrected chi connectivity index (χ4v) is 2.30. The number of ether oxygens (including phenoxy) is 1. The van der Waals surface area contributed by atoms with Crippen molar-refractivity contribution in [3.63, 3.8) is 0 Å². The zero-order chi connectivity index (χ0) is 18.4. The average molecular weight is 346 g/mol. The molecule has 0 unspecified atom stereocenters. The molecule has 26 heavy (non-hydrogen) atoms. The minimum atomic E-state index is -0.468. The average Bonchev–Trinajstić information content (AvgIpc) is 2.68. The molecule has 4 heteroatoms. The maximum atomic E-state index is 13.5. The zero-order valence-electron chi connectivity index (χ0n) is 13.8. The lowest BCUT2D eigenvalue weighted by atomic mass is 10.1. The van der Waals surface area contributed by atoms with Crippen LogP contribution in [0.3, 0.4) is 0 Å². The molecule has 0 heterocycles. The van der Waals surface area contributed by atoms with Gasteiger partial charge in [0.15, 0.2) is 5.78 Å². The first-order valence-corrected chi connectivity index (χ1v) is 7.98. The van der Waals surface area contributed by atoms with Crippen molar-refractivity contribution in [1.82, 2.24) is 0 Å². The first kappa shape index (κ1) is 17.3. The third-order valence-electron chi connectivity index (χ3n) is 3.68. The first-order chi connectivity index (χ1) is 12.6. The van der Waals surface area contributed by atoms with E-state index < -0.39 is 5.97 Å². The molecule has 3 aromatic carbocycles. The van der Waals surface area contributed by atoms with E-state index in [9.17, 15) is 14.0 Å². The van der Waals surface area contributed by atoms with Gasteiger partial charge >= 0.3 is 5.97 Å². The number of rotatable bonds is 5. The predicted molar refractivity (Wildman–Crippen MR) is 97.6 cm³/mol. The van der Waals surface area contributed by atoms with E-state index in [1.54, 1.807) is 66.7 Å². The van der Waals surface area contributed by atoms with Crippen molar-refractivity contribution in [3.05, 3.63) is 107 Å². The lowest BCUT2D eigenvalue weighted by molar-refractivity contribution is 0.0734. The molecule has 0 atom stereocenters. The molecule has 0 spiro atoms. The van der Waals surface area contributed by atoms with Crippen LogP contribution in [0, 0.1) is 5.82 Å². The van der Waals surface area contributed by atoms with E-state index in [-0.39, 0.29) is 11.6 Å². The number of carbonyl (C=O) groups excluding carboxylic acids is 2. The lowest BCUT2D eigenvalue weighted by Gasteiger charge is -2.04. The van der Waals surface area contributed by atoms with Crippen LogP contribution < -0.4 is 4.74 Å². The highest BCUT2D eigenvalue weighted by molar-refractivity contribution is 6.06. The van der Waals surface area contributed by atoms with Crippen molar-refractivity contribution in [2.75, 3.05) is 0 Å². The van der Waals surface area contributed by atoms with Gasteiger partial charge in [-0.2, -0.15) is 0 Å². The molecule has 0 bridgehead atoms. The smallest absolute Gasteiger partial charge is 0.343 e. The van der Waals surface area contributed by atoms with Crippen molar-refractivity contribution < 1.29 is 18.7 Å². The van der Waals surface area contributed by atoms with E-state index in [0.29, 0.717) is 22.4 Å². The van der Waals surface area contributed by atoms with Crippen LogP contribution in [0.1, 0.15) is 26.3 Å². The Morgan fingerprint density at radius 1 is 0.769 bits per heavy atom. The van der Waals surface area contributed by atoms with Crippen LogP contribution in [0.2, 0.25) is 0 Å². The predicted octanol–water partition coefficient (Wildman–Crippen LogP) is 4.94. The number of allylic oxidation sites excluding steroid dienone is 1. The topological polar surface area (TPSA) is 43.4 Å². The Morgan fingerprint density at radius 3 is 2.12 bits per heavy atom. The van der Waals surface area contributed by atoms with Gasteiger partial charge in [-0.15, -0.1) is 0 Å². The summed E-state index contributed by atoms with van der Waals surface area (Å²) >= 11 is 0. The van der Waals surface area contributed by atoms with Crippen LogP contribution >= 0.6 is 0 Å². The van der Waals surface area contributed by atoms with Gasteiger partial charge < -0.3 is 4.74 Å². The van der Waals surface area contributed by atoms with Crippen molar-refractivity contribution in [2.45, 2.75) is 0 Å². The van der Waals surface area contributed by atoms with Gasteiger partial charge in [-0.05, 0) is 54.6 Å². The highest BCUT2D eigenvalue weighted by atomic mass is 19.1. The molecule has 128 valence electrons. The normalized spacial score (nSPS) is 10.7. The molecule has 0 amide bonds. The van der Waals surface area contributed by atoms with Gasteiger partial charge in [0, 0.05) is 11.1 Å². The molecule has 0 fully saturated rings. The molecule has 0 aromatic heterocycles. The monoisotopic (exact) mass is 346 g/mol. The third kappa shape index (κ3) is 4.30. The van der Waals surface area contributed by atoms with Gasteiger partial charge in [-0.25, -0.2) is 9.18 Å². The molecule has 0 aliphatic heterocycles. The van der Waals surface area contributed by atoms with E-state index in [4.69, 9.17) is 4.74 Å². The summed E-state index contributed by atoms with van der Waals surface area (Å²) in [4.78, 5) is 24.2. The van der Waals surface area contributed by atoms with Gasteiger partial charge in [0.1, 0.15) is 11.6 Å². The van der Waals surface area contributed by atoms with Crippen LogP contribution in [-0.4, -0.2) is 11.8 Å². The Morgan fingerprint density at radius 2 is 1.42 bits per heavy atom. The van der Waals surface area contributed by atoms with Crippen LogP contribution in [-0.2, 0) is 0 Å². The first-order valence-electron chi connectivity index (χ1n) is 7.98. The Hall–Kier alpha value is -3.53. The van der Waals surface area contributed by atoms with Crippen LogP contribution in [0.15, 0.2) is 84.9 Å². The molecule has 3 rings (SSSR count). The second-order valence-corrected chi connectivity index (χ2v) is 5.50. The standard InChI is InChI=1S/C22H15FO3/c23-20-9-5-4-6-16(20)12-15-21(24)17-10-13-19(14-11-17)26-22(25)18-7-2-1-3-8-18/h1-15H/b15-12+. The van der Waals surface area contributed by atoms with Gasteiger partial charge in [-0.1, -0.05) is 36.4 Å². The van der Waals surface area contributed by atoms with Gasteiger partial charge in [-0.3, -0.25) is 4.79 Å². The number of halogens is 1. The summed E-state index contributed by atoms with van der Waals surface area (Å²) in [5, 5.41) is 0. The largest absolute Gasteiger partial charge is 0.423 e. The Balaban J connectivity index is 1.66. The molecular formula is C22H15FO3. The summed E-state index contributed by atoms with van der Waals surface area (Å²) < 4.78 is 18.8. The summed E-state index contributed by atoms with van der Waals surface area (Å²) in [6.45, 7) is 0. The molecule has 0 saturated carbocycles. The fourth-order valence-electron chi connectivity index (χ4n) is 2.30. The molecule has 3 nitrogen and oxygen atoms in total. The molecule has 0 radical (unpaired) electrons. The number of hydrogen-bond donors (Lipinski definition) is 0. The Kier molecular flexibility index (Phi) is 5.34.